The molecular formula is C23H28N4O4S. The molecule has 32 heavy (non-hydrogen) atoms. The predicted molar refractivity (Wildman–Crippen MR) is 122 cm³/mol. The maximum Gasteiger partial charge on any atom is 0.263 e. The molecular weight excluding hydrogens is 428 g/mol. The van der Waals surface area contributed by atoms with Gasteiger partial charge in [-0.3, -0.25) is 19.4 Å². The summed E-state index contributed by atoms with van der Waals surface area (Å²) in [6, 6.07) is 14.8. The molecule has 2 aliphatic heterocycles. The summed E-state index contributed by atoms with van der Waals surface area (Å²) >= 11 is 0. The van der Waals surface area contributed by atoms with Crippen molar-refractivity contribution in [1.82, 2.24) is 14.9 Å². The summed E-state index contributed by atoms with van der Waals surface area (Å²) < 4.78 is 32.4. The van der Waals surface area contributed by atoms with Gasteiger partial charge in [0.1, 0.15) is 12.4 Å². The summed E-state index contributed by atoms with van der Waals surface area (Å²) in [6.07, 6.45) is 0.481. The summed E-state index contributed by atoms with van der Waals surface area (Å²) in [6.45, 7) is 7.14. The molecule has 170 valence electrons. The number of hydrogen-bond donors (Lipinski definition) is 2. The quantitative estimate of drug-likeness (QED) is 0.689. The van der Waals surface area contributed by atoms with E-state index in [1.54, 1.807) is 18.2 Å². The van der Waals surface area contributed by atoms with Crippen LogP contribution < -0.4 is 10.0 Å². The Bertz CT molecular complexity index is 1110. The molecule has 0 aromatic heterocycles. The molecule has 0 radical (unpaired) electrons. The number of nitrogens with zero attached hydrogens (tertiary/aromatic N) is 2. The highest BCUT2D eigenvalue weighted by Gasteiger charge is 2.30. The number of nitrogens with one attached hydrogen (secondary N) is 2. The lowest BCUT2D eigenvalue weighted by atomic mass is 10.1. The van der Waals surface area contributed by atoms with Crippen molar-refractivity contribution >= 4 is 21.8 Å². The Hall–Kier alpha value is -2.75. The van der Waals surface area contributed by atoms with Crippen LogP contribution in [0.15, 0.2) is 58.4 Å². The largest absolute Gasteiger partial charge is 0.373 e. The number of hydrogen-bond acceptors (Lipinski definition) is 6. The van der Waals surface area contributed by atoms with Crippen molar-refractivity contribution < 1.29 is 17.9 Å². The number of sulfonamides is 1. The third-order valence-corrected chi connectivity index (χ3v) is 6.85. The molecule has 2 aliphatic rings. The van der Waals surface area contributed by atoms with E-state index in [1.165, 1.54) is 11.6 Å². The van der Waals surface area contributed by atoms with Crippen molar-refractivity contribution in [1.29, 1.82) is 0 Å². The Morgan fingerprint density at radius 3 is 2.47 bits per heavy atom. The number of amidine groups is 1. The molecule has 2 aromatic carbocycles. The first-order chi connectivity index (χ1) is 15.3. The van der Waals surface area contributed by atoms with E-state index in [4.69, 9.17) is 4.74 Å². The van der Waals surface area contributed by atoms with E-state index >= 15 is 0 Å². The molecule has 0 spiro atoms. The first-order valence-electron chi connectivity index (χ1n) is 10.7. The monoisotopic (exact) mass is 456 g/mol. The highest BCUT2D eigenvalue weighted by Crippen LogP contribution is 2.22. The van der Waals surface area contributed by atoms with Crippen molar-refractivity contribution in [3.8, 4) is 0 Å². The first kappa shape index (κ1) is 22.4. The minimum atomic E-state index is -3.60. The summed E-state index contributed by atoms with van der Waals surface area (Å²) in [7, 11) is -3.60. The van der Waals surface area contributed by atoms with Crippen LogP contribution in [0.1, 0.15) is 30.5 Å². The molecule has 8 nitrogen and oxygen atoms in total. The summed E-state index contributed by atoms with van der Waals surface area (Å²) in [5, 5.41) is 2.83. The molecule has 2 heterocycles. The van der Waals surface area contributed by atoms with Crippen molar-refractivity contribution in [2.24, 2.45) is 4.99 Å². The minimum absolute atomic E-state index is 0.155. The van der Waals surface area contributed by atoms with E-state index in [1.807, 2.05) is 12.1 Å². The third kappa shape index (κ3) is 5.35. The van der Waals surface area contributed by atoms with Gasteiger partial charge in [0, 0.05) is 31.7 Å². The lowest BCUT2D eigenvalue weighted by molar-refractivity contribution is -0.119. The highest BCUT2D eigenvalue weighted by molar-refractivity contribution is 7.90. The Morgan fingerprint density at radius 2 is 1.75 bits per heavy atom. The molecule has 1 amide bonds. The Labute approximate surface area is 188 Å². The lowest BCUT2D eigenvalue weighted by Gasteiger charge is -2.35. The fourth-order valence-corrected chi connectivity index (χ4v) is 5.34. The molecule has 2 unspecified atom stereocenters. The number of rotatable bonds is 6. The zero-order chi connectivity index (χ0) is 22.7. The van der Waals surface area contributed by atoms with Gasteiger partial charge in [-0.25, -0.2) is 8.42 Å². The minimum Gasteiger partial charge on any atom is -0.373 e. The SMILES string of the molecule is CC1CN(Cc2ccc(CNC(=O)CN=C3NS(=O)(=O)c4ccccc43)cc2)CC(C)O1. The van der Waals surface area contributed by atoms with Gasteiger partial charge in [0.05, 0.1) is 17.1 Å². The van der Waals surface area contributed by atoms with Crippen LogP contribution in [0.4, 0.5) is 0 Å². The molecule has 4 rings (SSSR count). The number of benzene rings is 2. The van der Waals surface area contributed by atoms with Gasteiger partial charge in [-0.15, -0.1) is 0 Å². The topological polar surface area (TPSA) is 100 Å². The number of morpholine rings is 1. The van der Waals surface area contributed by atoms with Crippen LogP contribution >= 0.6 is 0 Å². The first-order valence-corrected chi connectivity index (χ1v) is 12.2. The summed E-state index contributed by atoms with van der Waals surface area (Å²) in [5.74, 6) is -0.0756. The molecule has 0 aliphatic carbocycles. The van der Waals surface area contributed by atoms with Gasteiger partial charge in [0.15, 0.2) is 0 Å². The van der Waals surface area contributed by atoms with Crippen LogP contribution in [0.3, 0.4) is 0 Å². The van der Waals surface area contributed by atoms with E-state index in [2.05, 4.69) is 45.9 Å². The van der Waals surface area contributed by atoms with Crippen molar-refractivity contribution in [2.45, 2.75) is 44.0 Å². The van der Waals surface area contributed by atoms with Gasteiger partial charge in [0.25, 0.3) is 10.0 Å². The molecule has 0 bridgehead atoms. The number of amides is 1. The average molecular weight is 457 g/mol. The fraction of sp³-hybridized carbons (Fsp3) is 0.391. The molecule has 2 aromatic rings. The molecule has 1 saturated heterocycles. The van der Waals surface area contributed by atoms with Gasteiger partial charge in [-0.2, -0.15) is 0 Å². The van der Waals surface area contributed by atoms with E-state index in [0.29, 0.717) is 12.1 Å². The summed E-state index contributed by atoms with van der Waals surface area (Å²) in [5.41, 5.74) is 2.70. The smallest absolute Gasteiger partial charge is 0.263 e. The fourth-order valence-electron chi connectivity index (χ4n) is 4.09. The van der Waals surface area contributed by atoms with Gasteiger partial charge >= 0.3 is 0 Å². The van der Waals surface area contributed by atoms with Crippen LogP contribution in [0.5, 0.6) is 0 Å². The van der Waals surface area contributed by atoms with Crippen LogP contribution in [-0.2, 0) is 32.6 Å². The number of carbonyl (C=O) groups excluding carboxylic acids is 1. The summed E-state index contributed by atoms with van der Waals surface area (Å²) in [4.78, 5) is 19.0. The molecule has 2 N–H and O–H groups in total. The van der Waals surface area contributed by atoms with Gasteiger partial charge in [-0.05, 0) is 37.1 Å². The zero-order valence-corrected chi connectivity index (χ0v) is 19.1. The molecule has 0 saturated carbocycles. The number of carbonyl (C=O) groups is 1. The van der Waals surface area contributed by atoms with E-state index in [-0.39, 0.29) is 35.4 Å². The second-order valence-corrected chi connectivity index (χ2v) is 9.96. The van der Waals surface area contributed by atoms with Crippen LogP contribution in [0.25, 0.3) is 0 Å². The van der Waals surface area contributed by atoms with Crippen molar-refractivity contribution in [2.75, 3.05) is 19.6 Å². The second-order valence-electron chi connectivity index (χ2n) is 8.31. The average Bonchev–Trinajstić information content (AvgIpc) is 3.01. The standard InChI is InChI=1S/C23H28N4O4S/c1-16-13-27(14-17(2)31-16)15-19-9-7-18(8-10-19)11-24-22(28)12-25-23-20-5-3-4-6-21(20)32(29,30)26-23/h3-10,16-17H,11-15H2,1-2H3,(H,24,28)(H,25,26). The van der Waals surface area contributed by atoms with Gasteiger partial charge in [-0.1, -0.05) is 36.4 Å². The van der Waals surface area contributed by atoms with Crippen molar-refractivity contribution in [3.05, 3.63) is 65.2 Å². The molecule has 1 fully saturated rings. The maximum atomic E-state index is 12.2. The Kier molecular flexibility index (Phi) is 6.59. The second kappa shape index (κ2) is 9.40. The van der Waals surface area contributed by atoms with Gasteiger partial charge < -0.3 is 10.1 Å². The van der Waals surface area contributed by atoms with Gasteiger partial charge in [0.2, 0.25) is 5.91 Å². The number of ether oxygens (including phenoxy) is 1. The Balaban J connectivity index is 1.28. The van der Waals surface area contributed by atoms with Crippen LogP contribution in [0, 0.1) is 0 Å². The molecule has 2 atom stereocenters. The Morgan fingerprint density at radius 1 is 1.09 bits per heavy atom. The number of aliphatic imine (C=N–C) groups is 1. The number of fused-ring (bicyclic) bond motifs is 1. The maximum absolute atomic E-state index is 12.2. The van der Waals surface area contributed by atoms with Crippen LogP contribution in [-0.4, -0.2) is 56.9 Å². The zero-order valence-electron chi connectivity index (χ0n) is 18.2. The molecule has 9 heteroatoms. The predicted octanol–water partition coefficient (Wildman–Crippen LogP) is 1.65. The lowest BCUT2D eigenvalue weighted by Crippen LogP contribution is -2.44. The van der Waals surface area contributed by atoms with Crippen LogP contribution in [0.2, 0.25) is 0 Å². The van der Waals surface area contributed by atoms with Crippen molar-refractivity contribution in [3.63, 3.8) is 0 Å². The van der Waals surface area contributed by atoms with E-state index < -0.39 is 10.0 Å². The highest BCUT2D eigenvalue weighted by atomic mass is 32.2. The van der Waals surface area contributed by atoms with E-state index in [9.17, 15) is 13.2 Å². The van der Waals surface area contributed by atoms with E-state index in [0.717, 1.165) is 25.2 Å². The normalized spacial score (nSPS) is 23.5. The third-order valence-electron chi connectivity index (χ3n) is 5.46.